The Bertz CT molecular complexity index is 1350. The van der Waals surface area contributed by atoms with Crippen LogP contribution in [-0.4, -0.2) is 64.0 Å². The van der Waals surface area contributed by atoms with Crippen LogP contribution in [0.2, 0.25) is 0 Å². The summed E-state index contributed by atoms with van der Waals surface area (Å²) in [6, 6.07) is 6.14. The summed E-state index contributed by atoms with van der Waals surface area (Å²) in [5, 5.41) is 8.43. The lowest BCUT2D eigenvalue weighted by molar-refractivity contribution is -0.169. The number of unbranched alkanes of at least 4 members (excludes halogenated alkanes) is 2. The molecule has 0 spiro atoms. The van der Waals surface area contributed by atoms with E-state index in [0.29, 0.717) is 31.2 Å². The lowest BCUT2D eigenvalue weighted by Gasteiger charge is -2.32. The van der Waals surface area contributed by atoms with Crippen molar-refractivity contribution >= 4 is 37.2 Å². The van der Waals surface area contributed by atoms with Gasteiger partial charge >= 0.3 is 13.7 Å². The Morgan fingerprint density at radius 1 is 1.07 bits per heavy atom. The van der Waals surface area contributed by atoms with Gasteiger partial charge in [-0.15, -0.1) is 0 Å². The highest BCUT2D eigenvalue weighted by Crippen LogP contribution is 2.37. The van der Waals surface area contributed by atoms with Crippen LogP contribution in [-0.2, 0) is 19.0 Å². The molecule has 2 rings (SSSR count). The fourth-order valence-corrected chi connectivity index (χ4v) is 5.14. The van der Waals surface area contributed by atoms with Crippen LogP contribution in [0.15, 0.2) is 34.7 Å². The van der Waals surface area contributed by atoms with Gasteiger partial charge in [-0.3, -0.25) is 18.9 Å². The van der Waals surface area contributed by atoms with Crippen LogP contribution < -0.4 is 26.0 Å². The van der Waals surface area contributed by atoms with E-state index in [1.165, 1.54) is 30.3 Å². The number of hydrogen-bond acceptors (Lipinski definition) is 8. The lowest BCUT2D eigenvalue weighted by atomic mass is 9.90. The number of ether oxygens (including phenoxy) is 1. The van der Waals surface area contributed by atoms with Crippen LogP contribution in [0.1, 0.15) is 84.2 Å². The second-order valence-corrected chi connectivity index (χ2v) is 13.0. The van der Waals surface area contributed by atoms with Crippen molar-refractivity contribution in [2.24, 2.45) is 5.92 Å². The van der Waals surface area contributed by atoms with Gasteiger partial charge < -0.3 is 39.7 Å². The van der Waals surface area contributed by atoms with E-state index in [-0.39, 0.29) is 35.9 Å². The van der Waals surface area contributed by atoms with Gasteiger partial charge in [0.2, 0.25) is 12.3 Å². The predicted octanol–water partition coefficient (Wildman–Crippen LogP) is 3.83. The summed E-state index contributed by atoms with van der Waals surface area (Å²) in [4.78, 5) is 74.9. The molecule has 1 aromatic heterocycles. The second kappa shape index (κ2) is 17.0. The molecule has 15 heteroatoms. The predicted molar refractivity (Wildman–Crippen MR) is 166 cm³/mol. The molecule has 0 saturated heterocycles. The third-order valence-electron chi connectivity index (χ3n) is 6.60. The molecule has 0 radical (unpaired) electrons. The number of hydroxylamine groups is 2. The van der Waals surface area contributed by atoms with Crippen molar-refractivity contribution in [1.29, 1.82) is 0 Å². The molecule has 250 valence electrons. The second-order valence-electron chi connectivity index (χ2n) is 11.4. The van der Waals surface area contributed by atoms with Crippen LogP contribution in [0, 0.1) is 5.92 Å². The first-order valence-electron chi connectivity index (χ1n) is 14.9. The van der Waals surface area contributed by atoms with Crippen LogP contribution >= 0.6 is 7.60 Å². The van der Waals surface area contributed by atoms with Gasteiger partial charge in [0.05, 0.1) is 30.5 Å². The summed E-state index contributed by atoms with van der Waals surface area (Å²) in [6.07, 6.45) is 2.74. The van der Waals surface area contributed by atoms with Crippen molar-refractivity contribution in [1.82, 2.24) is 21.0 Å². The van der Waals surface area contributed by atoms with E-state index in [4.69, 9.17) is 14.0 Å². The highest BCUT2D eigenvalue weighted by molar-refractivity contribution is 7.60. The normalized spacial score (nSPS) is 12.9. The number of nitrogens with zero attached hydrogens (tertiary/aromatic N) is 1. The third-order valence-corrected chi connectivity index (χ3v) is 7.53. The number of furan rings is 1. The van der Waals surface area contributed by atoms with E-state index in [1.807, 2.05) is 6.92 Å². The Hall–Kier alpha value is -3.87. The average molecular weight is 653 g/mol. The van der Waals surface area contributed by atoms with Gasteiger partial charge in [0, 0.05) is 11.1 Å². The minimum atomic E-state index is -4.60. The molecule has 0 fully saturated rings. The van der Waals surface area contributed by atoms with Crippen molar-refractivity contribution in [3.8, 4) is 17.1 Å². The Labute approximate surface area is 263 Å². The number of carbonyl (C=O) groups excluding carboxylic acids is 4. The third kappa shape index (κ3) is 11.9. The van der Waals surface area contributed by atoms with Gasteiger partial charge in [-0.1, -0.05) is 33.1 Å². The van der Waals surface area contributed by atoms with E-state index < -0.39 is 43.0 Å². The molecule has 0 aliphatic carbocycles. The first-order valence-corrected chi connectivity index (χ1v) is 16.5. The Kier molecular flexibility index (Phi) is 14.1. The summed E-state index contributed by atoms with van der Waals surface area (Å²) in [7, 11) is -4.60. The maximum absolute atomic E-state index is 13.3. The highest BCUT2D eigenvalue weighted by atomic mass is 31.2. The van der Waals surface area contributed by atoms with Gasteiger partial charge in [0.15, 0.2) is 5.76 Å². The smallest absolute Gasteiger partial charge is 0.432 e. The number of amides is 4. The van der Waals surface area contributed by atoms with Crippen molar-refractivity contribution < 1.29 is 47.5 Å². The summed E-state index contributed by atoms with van der Waals surface area (Å²) < 4.78 is 22.9. The average Bonchev–Trinajstić information content (AvgIpc) is 3.45. The molecule has 14 nitrogen and oxygen atoms in total. The molecule has 1 aromatic carbocycles. The van der Waals surface area contributed by atoms with Gasteiger partial charge in [0.1, 0.15) is 11.5 Å². The topological polar surface area (TPSA) is 197 Å². The number of nitrogens with one attached hydrogen (secondary N) is 3. The van der Waals surface area contributed by atoms with E-state index in [0.717, 1.165) is 17.9 Å². The molecule has 0 saturated carbocycles. The molecule has 0 bridgehead atoms. The molecule has 0 aliphatic heterocycles. The van der Waals surface area contributed by atoms with Crippen molar-refractivity contribution in [2.75, 3.05) is 13.3 Å². The first-order chi connectivity index (χ1) is 21.1. The van der Waals surface area contributed by atoms with Gasteiger partial charge in [-0.2, -0.15) is 5.06 Å². The zero-order chi connectivity index (χ0) is 33.8. The monoisotopic (exact) mass is 652 g/mol. The van der Waals surface area contributed by atoms with Gasteiger partial charge in [-0.05, 0) is 70.9 Å². The zero-order valence-electron chi connectivity index (χ0n) is 26.6. The van der Waals surface area contributed by atoms with Crippen molar-refractivity contribution in [3.05, 3.63) is 36.1 Å². The number of rotatable bonds is 17. The van der Waals surface area contributed by atoms with Crippen LogP contribution in [0.5, 0.6) is 5.75 Å². The maximum atomic E-state index is 13.3. The lowest BCUT2D eigenvalue weighted by Crippen LogP contribution is -2.51. The number of hydrogen-bond donors (Lipinski definition) is 5. The Balaban J connectivity index is 2.13. The van der Waals surface area contributed by atoms with Crippen LogP contribution in [0.3, 0.4) is 0 Å². The maximum Gasteiger partial charge on any atom is 0.432 e. The van der Waals surface area contributed by atoms with E-state index in [1.54, 1.807) is 34.6 Å². The largest absolute Gasteiger partial charge is 0.494 e. The van der Waals surface area contributed by atoms with Gasteiger partial charge in [-0.25, -0.2) is 4.79 Å². The van der Waals surface area contributed by atoms with Crippen molar-refractivity contribution in [2.45, 2.75) is 85.2 Å². The summed E-state index contributed by atoms with van der Waals surface area (Å²) in [5.74, 6) is -1.53. The summed E-state index contributed by atoms with van der Waals surface area (Å²) >= 11 is 0. The minimum absolute atomic E-state index is 0.102. The fraction of sp³-hybridized carbons (Fsp3) is 0.533. The molecule has 4 amide bonds. The summed E-state index contributed by atoms with van der Waals surface area (Å²) in [5.41, 5.74) is -0.303. The number of carbonyl (C=O) groups is 4. The van der Waals surface area contributed by atoms with E-state index in [2.05, 4.69) is 16.0 Å². The van der Waals surface area contributed by atoms with Crippen LogP contribution in [0.4, 0.5) is 4.79 Å². The van der Waals surface area contributed by atoms with E-state index >= 15 is 0 Å². The Morgan fingerprint density at radius 3 is 2.36 bits per heavy atom. The molecule has 2 atom stereocenters. The molecule has 0 unspecified atom stereocenters. The van der Waals surface area contributed by atoms with E-state index in [9.17, 15) is 33.5 Å². The van der Waals surface area contributed by atoms with Crippen LogP contribution in [0.25, 0.3) is 11.3 Å². The molecule has 1 heterocycles. The van der Waals surface area contributed by atoms with Gasteiger partial charge in [0.25, 0.3) is 5.91 Å². The molecular formula is C30H45N4O10P. The molecule has 5 N–H and O–H groups in total. The van der Waals surface area contributed by atoms with Crippen molar-refractivity contribution in [3.63, 3.8) is 0 Å². The summed E-state index contributed by atoms with van der Waals surface area (Å²) in [6.45, 7) is 10.8. The zero-order valence-corrected chi connectivity index (χ0v) is 27.5. The molecular weight excluding hydrogens is 607 g/mol. The molecule has 2 aromatic rings. The Morgan fingerprint density at radius 2 is 1.78 bits per heavy atom. The SMILES string of the molecule is CCCCC[C@@H](C(=O)NCNC(=O)c1ccc(-c2cc(OCC)cc(P(=O)(O)O)c2)o1)[C@@H](CC)N(C=O)OC(=O)NC(C)(C)C. The quantitative estimate of drug-likeness (QED) is 0.0551. The molecule has 45 heavy (non-hydrogen) atoms. The minimum Gasteiger partial charge on any atom is -0.494 e. The fourth-order valence-electron chi connectivity index (χ4n) is 4.54. The number of benzene rings is 1. The first kappa shape index (κ1) is 37.3. The standard InChI is InChI=1S/C30H45N4O10P/c1-7-10-11-12-23(24(8-2)34(19-35)44-29(38)33-30(4,5)6)27(36)31-18-32-28(37)26-14-13-25(43-26)20-15-21(42-9-3)17-22(16-20)45(39,40)41/h13-17,19,23-24H,7-12,18H2,1-6H3,(H,31,36)(H,32,37)(H,33,38)(H2,39,40,41)/t23-,24-/m1/s1. The molecule has 0 aliphatic rings. The highest BCUT2D eigenvalue weighted by Gasteiger charge is 2.34.